The fourth-order valence-electron chi connectivity index (χ4n) is 3.86. The molecule has 4 rings (SSSR count). The van der Waals surface area contributed by atoms with Crippen LogP contribution in [0.4, 0.5) is 30.6 Å². The third kappa shape index (κ3) is 5.74. The molecule has 36 heavy (non-hydrogen) atoms. The number of nitrogens with zero attached hydrogens (tertiary/aromatic N) is 1. The topological polar surface area (TPSA) is 108 Å². The van der Waals surface area contributed by atoms with E-state index in [0.717, 1.165) is 18.4 Å². The van der Waals surface area contributed by atoms with E-state index in [1.165, 1.54) is 29.2 Å². The van der Waals surface area contributed by atoms with E-state index in [1.807, 2.05) is 0 Å². The van der Waals surface area contributed by atoms with Crippen LogP contribution in [-0.4, -0.2) is 39.2 Å². The van der Waals surface area contributed by atoms with Gasteiger partial charge in [-0.1, -0.05) is 23.7 Å². The van der Waals surface area contributed by atoms with Crippen LogP contribution in [0.2, 0.25) is 5.02 Å². The number of hydrogen-bond donors (Lipinski definition) is 3. The number of carbonyl (C=O) groups is 2. The van der Waals surface area contributed by atoms with Crippen LogP contribution in [0, 0.1) is 11.6 Å². The molecule has 0 aromatic heterocycles. The summed E-state index contributed by atoms with van der Waals surface area (Å²) in [4.78, 5) is 26.5. The van der Waals surface area contributed by atoms with Gasteiger partial charge >= 0.3 is 6.03 Å². The second-order valence-corrected chi connectivity index (χ2v) is 10.3. The predicted octanol–water partition coefficient (Wildman–Crippen LogP) is 4.58. The monoisotopic (exact) mass is 534 g/mol. The number of hydrogen-bond acceptors (Lipinski definition) is 4. The minimum absolute atomic E-state index is 0.00985. The molecule has 12 heteroatoms. The van der Waals surface area contributed by atoms with Crippen molar-refractivity contribution in [3.8, 4) is 11.1 Å². The first kappa shape index (κ1) is 25.4. The molecule has 0 radical (unpaired) electrons. The molecule has 1 atom stereocenters. The number of anilines is 3. The van der Waals surface area contributed by atoms with Crippen molar-refractivity contribution >= 4 is 50.6 Å². The molecule has 1 heterocycles. The van der Waals surface area contributed by atoms with E-state index in [2.05, 4.69) is 15.4 Å². The molecule has 0 bridgehead atoms. The number of carbonyl (C=O) groups excluding carboxylic acids is 2. The lowest BCUT2D eigenvalue weighted by atomic mass is 10.0. The second kappa shape index (κ2) is 10.1. The molecular formula is C24H21ClF2N4O4S. The highest BCUT2D eigenvalue weighted by atomic mass is 35.5. The largest absolute Gasteiger partial charge is 0.326 e. The lowest BCUT2D eigenvalue weighted by molar-refractivity contribution is -0.118. The number of urea groups is 1. The summed E-state index contributed by atoms with van der Waals surface area (Å²) in [5.74, 6) is -2.06. The average Bonchev–Trinajstić information content (AvgIpc) is 3.16. The Bertz CT molecular complexity index is 1430. The molecule has 3 N–H and O–H groups in total. The fraction of sp³-hybridized carbons (Fsp3) is 0.167. The summed E-state index contributed by atoms with van der Waals surface area (Å²) in [5.41, 5.74) is 0.334. The molecule has 188 valence electrons. The van der Waals surface area contributed by atoms with Crippen LogP contribution in [0.15, 0.2) is 60.7 Å². The van der Waals surface area contributed by atoms with E-state index in [0.29, 0.717) is 17.1 Å². The van der Waals surface area contributed by atoms with E-state index < -0.39 is 39.6 Å². The van der Waals surface area contributed by atoms with Crippen molar-refractivity contribution in [1.82, 2.24) is 5.32 Å². The lowest BCUT2D eigenvalue weighted by Crippen LogP contribution is -2.43. The highest BCUT2D eigenvalue weighted by Gasteiger charge is 2.34. The molecule has 1 aliphatic heterocycles. The van der Waals surface area contributed by atoms with Gasteiger partial charge in [0.1, 0.15) is 17.7 Å². The van der Waals surface area contributed by atoms with Gasteiger partial charge in [-0.15, -0.1) is 0 Å². The first-order chi connectivity index (χ1) is 17.0. The molecule has 8 nitrogen and oxygen atoms in total. The molecule has 0 saturated carbocycles. The maximum atomic E-state index is 15.1. The third-order valence-electron chi connectivity index (χ3n) is 5.47. The molecule has 1 aliphatic rings. The number of rotatable bonds is 6. The Kier molecular flexibility index (Phi) is 7.14. The van der Waals surface area contributed by atoms with Gasteiger partial charge in [-0.25, -0.2) is 22.0 Å². The highest BCUT2D eigenvalue weighted by Crippen LogP contribution is 2.35. The standard InChI is InChI=1S/C24H21ClF2N4O4S/c1-36(34,35)30-22-18(3-2-4-19(22)26)17-10-9-16(13-20(17)27)31-12-11-21(23(31)32)29-24(33)28-15-7-5-14(25)6-8-15/h2-10,13,21,30H,11-12H2,1H3,(H2,28,29,33)/t21-/m1/s1. The molecule has 1 fully saturated rings. The van der Waals surface area contributed by atoms with Gasteiger partial charge in [0.15, 0.2) is 0 Å². The molecule has 0 unspecified atom stereocenters. The van der Waals surface area contributed by atoms with Gasteiger partial charge in [0.05, 0.1) is 11.9 Å². The Balaban J connectivity index is 1.50. The Labute approximate surface area is 211 Å². The zero-order valence-electron chi connectivity index (χ0n) is 18.9. The predicted molar refractivity (Wildman–Crippen MR) is 135 cm³/mol. The van der Waals surface area contributed by atoms with Crippen molar-refractivity contribution in [3.05, 3.63) is 77.3 Å². The summed E-state index contributed by atoms with van der Waals surface area (Å²) in [6.45, 7) is 0.240. The number of para-hydroxylation sites is 1. The minimum atomic E-state index is -3.82. The van der Waals surface area contributed by atoms with Crippen LogP contribution in [0.3, 0.4) is 0 Å². The van der Waals surface area contributed by atoms with Crippen LogP contribution < -0.4 is 20.3 Å². The number of halogens is 3. The smallest absolute Gasteiger partial charge is 0.319 e. The van der Waals surface area contributed by atoms with Crippen molar-refractivity contribution < 1.29 is 26.8 Å². The maximum absolute atomic E-state index is 15.1. The van der Waals surface area contributed by atoms with Crippen LogP contribution in [0.25, 0.3) is 11.1 Å². The highest BCUT2D eigenvalue weighted by molar-refractivity contribution is 7.92. The molecule has 0 spiro atoms. The summed E-state index contributed by atoms with van der Waals surface area (Å²) in [7, 11) is -3.82. The zero-order valence-corrected chi connectivity index (χ0v) is 20.5. The number of benzene rings is 3. The normalized spacial score (nSPS) is 15.6. The lowest BCUT2D eigenvalue weighted by Gasteiger charge is -2.19. The van der Waals surface area contributed by atoms with Gasteiger partial charge in [-0.05, 0) is 55.0 Å². The van der Waals surface area contributed by atoms with Gasteiger partial charge in [0, 0.05) is 34.1 Å². The van der Waals surface area contributed by atoms with Crippen LogP contribution in [0.1, 0.15) is 6.42 Å². The Hall–Kier alpha value is -3.70. The zero-order chi connectivity index (χ0) is 26.0. The first-order valence-electron chi connectivity index (χ1n) is 10.7. The van der Waals surface area contributed by atoms with Crippen molar-refractivity contribution in [3.63, 3.8) is 0 Å². The van der Waals surface area contributed by atoms with Crippen molar-refractivity contribution in [2.75, 3.05) is 27.7 Å². The number of amides is 3. The summed E-state index contributed by atoms with van der Waals surface area (Å²) < 4.78 is 54.8. The molecule has 3 aromatic rings. The second-order valence-electron chi connectivity index (χ2n) is 8.14. The minimum Gasteiger partial charge on any atom is -0.326 e. The van der Waals surface area contributed by atoms with Gasteiger partial charge in [0.2, 0.25) is 15.9 Å². The van der Waals surface area contributed by atoms with Gasteiger partial charge in [-0.3, -0.25) is 9.52 Å². The molecule has 1 saturated heterocycles. The van der Waals surface area contributed by atoms with E-state index in [-0.39, 0.29) is 29.0 Å². The van der Waals surface area contributed by atoms with Crippen LogP contribution in [0.5, 0.6) is 0 Å². The Morgan fingerprint density at radius 1 is 1.03 bits per heavy atom. The van der Waals surface area contributed by atoms with E-state index in [1.54, 1.807) is 24.3 Å². The van der Waals surface area contributed by atoms with Crippen molar-refractivity contribution in [2.24, 2.45) is 0 Å². The van der Waals surface area contributed by atoms with Crippen molar-refractivity contribution in [1.29, 1.82) is 0 Å². The summed E-state index contributed by atoms with van der Waals surface area (Å²) in [5, 5.41) is 5.73. The van der Waals surface area contributed by atoms with Gasteiger partial charge < -0.3 is 15.5 Å². The van der Waals surface area contributed by atoms with Gasteiger partial charge in [-0.2, -0.15) is 0 Å². The molecular weight excluding hydrogens is 514 g/mol. The van der Waals surface area contributed by atoms with Crippen molar-refractivity contribution in [2.45, 2.75) is 12.5 Å². The molecule has 3 amide bonds. The first-order valence-corrected chi connectivity index (χ1v) is 13.0. The SMILES string of the molecule is CS(=O)(=O)Nc1c(F)cccc1-c1ccc(N2CC[C@@H](NC(=O)Nc3ccc(Cl)cc3)C2=O)cc1F. The van der Waals surface area contributed by atoms with E-state index in [4.69, 9.17) is 11.6 Å². The molecule has 3 aromatic carbocycles. The summed E-state index contributed by atoms with van der Waals surface area (Å²) in [6, 6.07) is 12.8. The Morgan fingerprint density at radius 2 is 1.75 bits per heavy atom. The number of nitrogens with one attached hydrogen (secondary N) is 3. The quantitative estimate of drug-likeness (QED) is 0.430. The summed E-state index contributed by atoms with van der Waals surface area (Å²) in [6.07, 6.45) is 1.17. The fourth-order valence-corrected chi connectivity index (χ4v) is 4.56. The maximum Gasteiger partial charge on any atom is 0.319 e. The van der Waals surface area contributed by atoms with E-state index >= 15 is 4.39 Å². The number of sulfonamides is 1. The molecule has 0 aliphatic carbocycles. The average molecular weight is 535 g/mol. The van der Waals surface area contributed by atoms with E-state index in [9.17, 15) is 22.4 Å². The Morgan fingerprint density at radius 3 is 2.42 bits per heavy atom. The van der Waals surface area contributed by atoms with Crippen LogP contribution in [-0.2, 0) is 14.8 Å². The van der Waals surface area contributed by atoms with Crippen LogP contribution >= 0.6 is 11.6 Å². The van der Waals surface area contributed by atoms with Gasteiger partial charge in [0.25, 0.3) is 0 Å². The summed E-state index contributed by atoms with van der Waals surface area (Å²) >= 11 is 5.83. The third-order valence-corrected chi connectivity index (χ3v) is 6.30.